The van der Waals surface area contributed by atoms with Crippen LogP contribution in [0.3, 0.4) is 0 Å². The molecular formula is C14H13F2NO. The van der Waals surface area contributed by atoms with Gasteiger partial charge in [0.15, 0.2) is 5.43 Å². The summed E-state index contributed by atoms with van der Waals surface area (Å²) >= 11 is 0. The van der Waals surface area contributed by atoms with E-state index >= 15 is 0 Å². The van der Waals surface area contributed by atoms with Crippen LogP contribution in [0.2, 0.25) is 0 Å². The van der Waals surface area contributed by atoms with Gasteiger partial charge in [0.25, 0.3) is 0 Å². The third-order valence-corrected chi connectivity index (χ3v) is 3.57. The Morgan fingerprint density at radius 2 is 1.83 bits per heavy atom. The van der Waals surface area contributed by atoms with Gasteiger partial charge in [-0.1, -0.05) is 6.42 Å². The molecule has 1 aromatic carbocycles. The van der Waals surface area contributed by atoms with E-state index in [4.69, 9.17) is 0 Å². The summed E-state index contributed by atoms with van der Waals surface area (Å²) < 4.78 is 26.9. The first-order chi connectivity index (χ1) is 8.66. The number of hydrogen-bond acceptors (Lipinski definition) is 1. The number of fused-ring (bicyclic) bond motifs is 2. The second-order valence-corrected chi connectivity index (χ2v) is 4.78. The van der Waals surface area contributed by atoms with Gasteiger partial charge in [-0.05, 0) is 31.7 Å². The van der Waals surface area contributed by atoms with Gasteiger partial charge in [0.2, 0.25) is 0 Å². The molecule has 4 heteroatoms. The molecular weight excluding hydrogens is 236 g/mol. The summed E-state index contributed by atoms with van der Waals surface area (Å²) in [4.78, 5) is 15.3. The fourth-order valence-electron chi connectivity index (χ4n) is 2.66. The lowest BCUT2D eigenvalue weighted by atomic mass is 10.0. The standard InChI is InChI=1S/C14H13F2NO/c15-8-6-10-13(11(16)7-8)17-12-5-3-1-2-4-9(12)14(10)18/h6-7H,1-5H2,(H,17,18). The smallest absolute Gasteiger partial charge is 0.193 e. The maximum atomic E-state index is 13.7. The molecule has 0 fully saturated rings. The zero-order valence-electron chi connectivity index (χ0n) is 9.85. The van der Waals surface area contributed by atoms with Gasteiger partial charge in [0, 0.05) is 17.3 Å². The highest BCUT2D eigenvalue weighted by Gasteiger charge is 2.16. The zero-order chi connectivity index (χ0) is 12.7. The van der Waals surface area contributed by atoms with E-state index in [1.807, 2.05) is 0 Å². The van der Waals surface area contributed by atoms with E-state index < -0.39 is 11.6 Å². The van der Waals surface area contributed by atoms with Crippen molar-refractivity contribution in [1.29, 1.82) is 0 Å². The molecule has 18 heavy (non-hydrogen) atoms. The largest absolute Gasteiger partial charge is 0.356 e. The molecule has 0 radical (unpaired) electrons. The summed E-state index contributed by atoms with van der Waals surface area (Å²) in [6.45, 7) is 0. The van der Waals surface area contributed by atoms with Crippen LogP contribution >= 0.6 is 0 Å². The van der Waals surface area contributed by atoms with Gasteiger partial charge in [0.1, 0.15) is 11.6 Å². The van der Waals surface area contributed by atoms with Crippen LogP contribution in [0.15, 0.2) is 16.9 Å². The van der Waals surface area contributed by atoms with Crippen molar-refractivity contribution in [3.8, 4) is 0 Å². The Balaban J connectivity index is 2.38. The number of pyridine rings is 1. The van der Waals surface area contributed by atoms with Crippen molar-refractivity contribution in [2.45, 2.75) is 32.1 Å². The average molecular weight is 249 g/mol. The van der Waals surface area contributed by atoms with Crippen LogP contribution in [0.5, 0.6) is 0 Å². The highest BCUT2D eigenvalue weighted by molar-refractivity contribution is 5.80. The minimum Gasteiger partial charge on any atom is -0.356 e. The van der Waals surface area contributed by atoms with E-state index in [0.717, 1.165) is 43.5 Å². The first-order valence-electron chi connectivity index (χ1n) is 6.19. The molecule has 94 valence electrons. The Morgan fingerprint density at radius 1 is 1.06 bits per heavy atom. The minimum atomic E-state index is -0.709. The molecule has 0 saturated heterocycles. The number of aryl methyl sites for hydroxylation is 1. The van der Waals surface area contributed by atoms with E-state index in [-0.39, 0.29) is 16.3 Å². The Morgan fingerprint density at radius 3 is 2.67 bits per heavy atom. The van der Waals surface area contributed by atoms with Crippen LogP contribution in [0, 0.1) is 11.6 Å². The molecule has 1 aliphatic rings. The highest BCUT2D eigenvalue weighted by atomic mass is 19.1. The van der Waals surface area contributed by atoms with Gasteiger partial charge in [-0.15, -0.1) is 0 Å². The minimum absolute atomic E-state index is 0.119. The molecule has 0 unspecified atom stereocenters. The number of H-pyrrole nitrogens is 1. The van der Waals surface area contributed by atoms with Crippen LogP contribution in [-0.4, -0.2) is 4.98 Å². The molecule has 0 atom stereocenters. The molecule has 2 nitrogen and oxygen atoms in total. The van der Waals surface area contributed by atoms with E-state index in [1.54, 1.807) is 0 Å². The van der Waals surface area contributed by atoms with Crippen LogP contribution in [0.25, 0.3) is 10.9 Å². The van der Waals surface area contributed by atoms with Gasteiger partial charge in [-0.2, -0.15) is 0 Å². The molecule has 0 amide bonds. The zero-order valence-corrected chi connectivity index (χ0v) is 9.85. The first-order valence-corrected chi connectivity index (χ1v) is 6.19. The van der Waals surface area contributed by atoms with Gasteiger partial charge in [-0.3, -0.25) is 4.79 Å². The second-order valence-electron chi connectivity index (χ2n) is 4.78. The maximum Gasteiger partial charge on any atom is 0.193 e. The summed E-state index contributed by atoms with van der Waals surface area (Å²) in [5.74, 6) is -1.41. The molecule has 1 heterocycles. The summed E-state index contributed by atoms with van der Waals surface area (Å²) in [6, 6.07) is 1.92. The van der Waals surface area contributed by atoms with Crippen molar-refractivity contribution in [2.75, 3.05) is 0 Å². The molecule has 2 aromatic rings. The molecule has 0 aliphatic heterocycles. The van der Waals surface area contributed by atoms with Crippen molar-refractivity contribution in [3.05, 3.63) is 45.2 Å². The van der Waals surface area contributed by atoms with Crippen molar-refractivity contribution < 1.29 is 8.78 Å². The lowest BCUT2D eigenvalue weighted by molar-refractivity contribution is 0.590. The number of hydrogen-bond donors (Lipinski definition) is 1. The van der Waals surface area contributed by atoms with Crippen LogP contribution in [0.4, 0.5) is 8.78 Å². The number of nitrogens with one attached hydrogen (secondary N) is 1. The van der Waals surface area contributed by atoms with Crippen LogP contribution in [0.1, 0.15) is 30.5 Å². The molecule has 0 spiro atoms. The van der Waals surface area contributed by atoms with Crippen molar-refractivity contribution in [1.82, 2.24) is 4.98 Å². The maximum absolute atomic E-state index is 13.7. The SMILES string of the molecule is O=c1c2c([nH]c3c(F)cc(F)cc13)CCCCC2. The average Bonchev–Trinajstić information content (AvgIpc) is 2.56. The fraction of sp³-hybridized carbons (Fsp3) is 0.357. The van der Waals surface area contributed by atoms with Gasteiger partial charge < -0.3 is 4.98 Å². The normalized spacial score (nSPS) is 15.4. The molecule has 3 rings (SSSR count). The van der Waals surface area contributed by atoms with Gasteiger partial charge in [0.05, 0.1) is 10.9 Å². The summed E-state index contributed by atoms with van der Waals surface area (Å²) in [6.07, 6.45) is 4.47. The molecule has 0 bridgehead atoms. The Hall–Kier alpha value is -1.71. The number of benzene rings is 1. The van der Waals surface area contributed by atoms with E-state index in [0.29, 0.717) is 12.0 Å². The Kier molecular flexibility index (Phi) is 2.65. The lowest BCUT2D eigenvalue weighted by Gasteiger charge is -2.08. The van der Waals surface area contributed by atoms with Crippen LogP contribution < -0.4 is 5.43 Å². The van der Waals surface area contributed by atoms with E-state index in [1.165, 1.54) is 0 Å². The van der Waals surface area contributed by atoms with Crippen molar-refractivity contribution in [2.24, 2.45) is 0 Å². The van der Waals surface area contributed by atoms with Gasteiger partial charge in [-0.25, -0.2) is 8.78 Å². The third-order valence-electron chi connectivity index (χ3n) is 3.57. The molecule has 1 aromatic heterocycles. The van der Waals surface area contributed by atoms with Crippen molar-refractivity contribution in [3.63, 3.8) is 0 Å². The molecule has 0 saturated carbocycles. The lowest BCUT2D eigenvalue weighted by Crippen LogP contribution is -2.15. The summed E-state index contributed by atoms with van der Waals surface area (Å²) in [5, 5.41) is 0.119. The first kappa shape index (κ1) is 11.4. The van der Waals surface area contributed by atoms with Crippen molar-refractivity contribution >= 4 is 10.9 Å². The quantitative estimate of drug-likeness (QED) is 0.715. The Bertz CT molecular complexity index is 676. The van der Waals surface area contributed by atoms with Crippen LogP contribution in [-0.2, 0) is 12.8 Å². The predicted molar refractivity (Wildman–Crippen MR) is 65.7 cm³/mol. The monoisotopic (exact) mass is 249 g/mol. The summed E-state index contributed by atoms with van der Waals surface area (Å²) in [5.41, 5.74) is 1.42. The van der Waals surface area contributed by atoms with Gasteiger partial charge >= 0.3 is 0 Å². The molecule has 1 aliphatic carbocycles. The van der Waals surface area contributed by atoms with E-state index in [2.05, 4.69) is 4.98 Å². The Labute approximate surface area is 103 Å². The predicted octanol–water partition coefficient (Wildman–Crippen LogP) is 3.08. The number of aromatic nitrogens is 1. The molecule has 1 N–H and O–H groups in total. The summed E-state index contributed by atoms with van der Waals surface area (Å²) in [7, 11) is 0. The van der Waals surface area contributed by atoms with E-state index in [9.17, 15) is 13.6 Å². The third kappa shape index (κ3) is 1.72. The topological polar surface area (TPSA) is 32.9 Å². The number of aromatic amines is 1. The number of halogens is 2. The second kappa shape index (κ2) is 4.19. The number of rotatable bonds is 0. The highest BCUT2D eigenvalue weighted by Crippen LogP contribution is 2.21. The fourth-order valence-corrected chi connectivity index (χ4v) is 2.66.